The Morgan fingerprint density at radius 1 is 1.29 bits per heavy atom. The minimum absolute atomic E-state index is 0.0215. The molecule has 0 aliphatic carbocycles. The number of nitro groups is 1. The summed E-state index contributed by atoms with van der Waals surface area (Å²) in [5.41, 5.74) is 0.191. The van der Waals surface area contributed by atoms with E-state index in [-0.39, 0.29) is 17.3 Å². The number of benzene rings is 1. The second-order valence-corrected chi connectivity index (χ2v) is 3.98. The Kier molecular flexibility index (Phi) is 4.39. The van der Waals surface area contributed by atoms with Crippen molar-refractivity contribution in [2.24, 2.45) is 0 Å². The third kappa shape index (κ3) is 3.50. The van der Waals surface area contributed by atoms with Crippen molar-refractivity contribution in [3.63, 3.8) is 0 Å². The zero-order valence-electron chi connectivity index (χ0n) is 10.9. The Balaban J connectivity index is 2.35. The number of halogens is 1. The van der Waals surface area contributed by atoms with Gasteiger partial charge in [-0.3, -0.25) is 10.1 Å². The van der Waals surface area contributed by atoms with Crippen LogP contribution in [0, 0.1) is 15.9 Å². The Labute approximate surface area is 119 Å². The maximum atomic E-state index is 12.9. The predicted octanol–water partition coefficient (Wildman–Crippen LogP) is 2.87. The van der Waals surface area contributed by atoms with Crippen LogP contribution in [-0.4, -0.2) is 21.4 Å². The average molecular weight is 289 g/mol. The fourth-order valence-corrected chi connectivity index (χ4v) is 1.61. The third-order valence-electron chi connectivity index (χ3n) is 2.53. The number of aromatic nitrogens is 2. The number of rotatable bonds is 6. The van der Waals surface area contributed by atoms with Gasteiger partial charge in [0.2, 0.25) is 11.6 Å². The highest BCUT2D eigenvalue weighted by Crippen LogP contribution is 2.30. The van der Waals surface area contributed by atoms with Crippen LogP contribution in [0.15, 0.2) is 43.2 Å². The van der Waals surface area contributed by atoms with E-state index in [4.69, 9.17) is 0 Å². The molecule has 0 aliphatic heterocycles. The van der Waals surface area contributed by atoms with Gasteiger partial charge in [0.15, 0.2) is 0 Å². The third-order valence-corrected chi connectivity index (χ3v) is 2.53. The molecule has 0 spiro atoms. The molecule has 2 rings (SSSR count). The average Bonchev–Trinajstić information content (AvgIpc) is 2.47. The lowest BCUT2D eigenvalue weighted by atomic mass is 10.3. The summed E-state index contributed by atoms with van der Waals surface area (Å²) < 4.78 is 12.9. The van der Waals surface area contributed by atoms with Gasteiger partial charge in [0, 0.05) is 12.2 Å². The van der Waals surface area contributed by atoms with Crippen molar-refractivity contribution < 1.29 is 9.31 Å². The van der Waals surface area contributed by atoms with Crippen molar-refractivity contribution in [2.75, 3.05) is 17.2 Å². The first-order valence-corrected chi connectivity index (χ1v) is 5.98. The first kappa shape index (κ1) is 14.4. The Hall–Kier alpha value is -3.03. The lowest BCUT2D eigenvalue weighted by Gasteiger charge is -2.09. The van der Waals surface area contributed by atoms with Crippen LogP contribution in [0.25, 0.3) is 0 Å². The van der Waals surface area contributed by atoms with E-state index in [2.05, 4.69) is 27.2 Å². The maximum absolute atomic E-state index is 12.9. The standard InChI is InChI=1S/C13H12FN5O2/c1-2-7-15-12-11(19(20)21)13(17-8-16-12)18-10-5-3-9(14)4-6-10/h2-6,8H,1,7H2,(H2,15,16,17,18). The number of hydrogen-bond acceptors (Lipinski definition) is 6. The molecule has 0 amide bonds. The summed E-state index contributed by atoms with van der Waals surface area (Å²) in [6, 6.07) is 5.40. The molecular formula is C13H12FN5O2. The Bertz CT molecular complexity index is 660. The van der Waals surface area contributed by atoms with Gasteiger partial charge in [-0.1, -0.05) is 6.08 Å². The van der Waals surface area contributed by atoms with E-state index in [9.17, 15) is 14.5 Å². The van der Waals surface area contributed by atoms with Gasteiger partial charge in [0.05, 0.1) is 4.92 Å². The molecule has 0 atom stereocenters. The van der Waals surface area contributed by atoms with Gasteiger partial charge in [-0.15, -0.1) is 6.58 Å². The fraction of sp³-hybridized carbons (Fsp3) is 0.0769. The zero-order chi connectivity index (χ0) is 15.2. The van der Waals surface area contributed by atoms with Gasteiger partial charge in [0.25, 0.3) is 0 Å². The van der Waals surface area contributed by atoms with Crippen LogP contribution in [0.1, 0.15) is 0 Å². The van der Waals surface area contributed by atoms with Crippen LogP contribution in [0.4, 0.5) is 27.4 Å². The summed E-state index contributed by atoms with van der Waals surface area (Å²) in [6.07, 6.45) is 2.75. The van der Waals surface area contributed by atoms with Crippen LogP contribution < -0.4 is 10.6 Å². The summed E-state index contributed by atoms with van der Waals surface area (Å²) in [4.78, 5) is 18.3. The van der Waals surface area contributed by atoms with Gasteiger partial charge in [-0.05, 0) is 24.3 Å². The molecule has 1 heterocycles. The lowest BCUT2D eigenvalue weighted by Crippen LogP contribution is -2.08. The molecule has 0 bridgehead atoms. The SMILES string of the molecule is C=CCNc1ncnc(Nc2ccc(F)cc2)c1[N+](=O)[O-]. The van der Waals surface area contributed by atoms with E-state index in [1.165, 1.54) is 30.6 Å². The summed E-state index contributed by atoms with van der Waals surface area (Å²) in [7, 11) is 0. The molecular weight excluding hydrogens is 277 g/mol. The lowest BCUT2D eigenvalue weighted by molar-refractivity contribution is -0.383. The van der Waals surface area contributed by atoms with Gasteiger partial charge < -0.3 is 10.6 Å². The van der Waals surface area contributed by atoms with Crippen LogP contribution >= 0.6 is 0 Å². The molecule has 8 heteroatoms. The van der Waals surface area contributed by atoms with Gasteiger partial charge >= 0.3 is 5.69 Å². The van der Waals surface area contributed by atoms with Crippen molar-refractivity contribution in [3.8, 4) is 0 Å². The molecule has 1 aromatic heterocycles. The summed E-state index contributed by atoms with van der Waals surface area (Å²) in [5.74, 6) is -0.293. The first-order chi connectivity index (χ1) is 10.1. The van der Waals surface area contributed by atoms with Gasteiger partial charge in [0.1, 0.15) is 12.1 Å². The second-order valence-electron chi connectivity index (χ2n) is 3.98. The Morgan fingerprint density at radius 2 is 1.95 bits per heavy atom. The summed E-state index contributed by atoms with van der Waals surface area (Å²) in [5, 5.41) is 16.8. The zero-order valence-corrected chi connectivity index (χ0v) is 10.9. The minimum Gasteiger partial charge on any atom is -0.361 e. The van der Waals surface area contributed by atoms with Gasteiger partial charge in [-0.25, -0.2) is 14.4 Å². The molecule has 21 heavy (non-hydrogen) atoms. The molecule has 1 aromatic carbocycles. The molecule has 2 N–H and O–H groups in total. The topological polar surface area (TPSA) is 93.0 Å². The van der Waals surface area contributed by atoms with E-state index in [0.717, 1.165) is 0 Å². The van der Waals surface area contributed by atoms with E-state index in [1.54, 1.807) is 6.08 Å². The van der Waals surface area contributed by atoms with Crippen molar-refractivity contribution in [1.29, 1.82) is 0 Å². The first-order valence-electron chi connectivity index (χ1n) is 5.98. The van der Waals surface area contributed by atoms with E-state index >= 15 is 0 Å². The largest absolute Gasteiger partial charge is 0.361 e. The van der Waals surface area contributed by atoms with Crippen LogP contribution in [0.2, 0.25) is 0 Å². The van der Waals surface area contributed by atoms with Crippen LogP contribution in [0.5, 0.6) is 0 Å². The molecule has 2 aromatic rings. The van der Waals surface area contributed by atoms with Crippen molar-refractivity contribution in [1.82, 2.24) is 9.97 Å². The normalized spacial score (nSPS) is 9.95. The molecule has 0 saturated heterocycles. The highest BCUT2D eigenvalue weighted by Gasteiger charge is 2.22. The number of nitrogens with one attached hydrogen (secondary N) is 2. The molecule has 108 valence electrons. The minimum atomic E-state index is -0.586. The molecule has 7 nitrogen and oxygen atoms in total. The Morgan fingerprint density at radius 3 is 2.57 bits per heavy atom. The van der Waals surface area contributed by atoms with Crippen LogP contribution in [0.3, 0.4) is 0 Å². The monoisotopic (exact) mass is 289 g/mol. The maximum Gasteiger partial charge on any atom is 0.353 e. The quantitative estimate of drug-likeness (QED) is 0.482. The molecule has 0 unspecified atom stereocenters. The summed E-state index contributed by atoms with van der Waals surface area (Å²) in [6.45, 7) is 3.85. The van der Waals surface area contributed by atoms with Crippen LogP contribution in [-0.2, 0) is 0 Å². The van der Waals surface area contributed by atoms with E-state index in [1.807, 2.05) is 0 Å². The molecule has 0 saturated carbocycles. The van der Waals surface area contributed by atoms with E-state index < -0.39 is 10.7 Å². The fourth-order valence-electron chi connectivity index (χ4n) is 1.61. The highest BCUT2D eigenvalue weighted by molar-refractivity contribution is 5.73. The predicted molar refractivity (Wildman–Crippen MR) is 77.1 cm³/mol. The number of anilines is 3. The van der Waals surface area contributed by atoms with Crippen molar-refractivity contribution >= 4 is 23.0 Å². The van der Waals surface area contributed by atoms with Crippen molar-refractivity contribution in [2.45, 2.75) is 0 Å². The van der Waals surface area contributed by atoms with E-state index in [0.29, 0.717) is 12.2 Å². The second kappa shape index (κ2) is 6.42. The summed E-state index contributed by atoms with van der Waals surface area (Å²) >= 11 is 0. The number of nitrogens with zero attached hydrogens (tertiary/aromatic N) is 3. The van der Waals surface area contributed by atoms with Crippen molar-refractivity contribution in [3.05, 3.63) is 59.2 Å². The highest BCUT2D eigenvalue weighted by atomic mass is 19.1. The number of hydrogen-bond donors (Lipinski definition) is 2. The molecule has 0 fully saturated rings. The molecule has 0 radical (unpaired) electrons. The molecule has 0 aliphatic rings. The van der Waals surface area contributed by atoms with Gasteiger partial charge in [-0.2, -0.15) is 0 Å². The smallest absolute Gasteiger partial charge is 0.353 e.